The highest BCUT2D eigenvalue weighted by molar-refractivity contribution is 5.97. The van der Waals surface area contributed by atoms with E-state index in [-0.39, 0.29) is 24.1 Å². The Kier molecular flexibility index (Phi) is 4.18. The van der Waals surface area contributed by atoms with Gasteiger partial charge in [0.2, 0.25) is 5.91 Å². The topological polar surface area (TPSA) is 71.3 Å². The predicted octanol–water partition coefficient (Wildman–Crippen LogP) is 1.69. The molecule has 0 aliphatic carbocycles. The van der Waals surface area contributed by atoms with Crippen molar-refractivity contribution in [2.24, 2.45) is 0 Å². The van der Waals surface area contributed by atoms with Gasteiger partial charge in [-0.05, 0) is 18.6 Å². The maximum absolute atomic E-state index is 11.8. The van der Waals surface area contributed by atoms with Crippen LogP contribution >= 0.6 is 0 Å². The van der Waals surface area contributed by atoms with Crippen LogP contribution in [-0.4, -0.2) is 24.9 Å². The van der Waals surface area contributed by atoms with E-state index in [4.69, 9.17) is 4.42 Å². The van der Waals surface area contributed by atoms with Crippen molar-refractivity contribution in [1.29, 1.82) is 0 Å². The van der Waals surface area contributed by atoms with Gasteiger partial charge in [0.05, 0.1) is 6.54 Å². The highest BCUT2D eigenvalue weighted by Gasteiger charge is 2.12. The summed E-state index contributed by atoms with van der Waals surface area (Å²) >= 11 is 0. The summed E-state index contributed by atoms with van der Waals surface area (Å²) in [7, 11) is 0. The van der Waals surface area contributed by atoms with Gasteiger partial charge in [0, 0.05) is 11.9 Å². The molecule has 2 rings (SSSR count). The molecule has 2 N–H and O–H groups in total. The van der Waals surface area contributed by atoms with Crippen molar-refractivity contribution >= 4 is 22.8 Å². The fraction of sp³-hybridized carbons (Fsp3) is 0.286. The summed E-state index contributed by atoms with van der Waals surface area (Å²) < 4.78 is 5.40. The number of amides is 2. The minimum Gasteiger partial charge on any atom is -0.451 e. The first-order valence-electron chi connectivity index (χ1n) is 6.24. The molecule has 19 heavy (non-hydrogen) atoms. The molecule has 0 saturated carbocycles. The summed E-state index contributed by atoms with van der Waals surface area (Å²) in [6.07, 6.45) is 0.864. The van der Waals surface area contributed by atoms with Gasteiger partial charge >= 0.3 is 0 Å². The van der Waals surface area contributed by atoms with Crippen LogP contribution in [0.1, 0.15) is 23.9 Å². The van der Waals surface area contributed by atoms with E-state index in [0.29, 0.717) is 12.1 Å². The minimum atomic E-state index is -0.386. The van der Waals surface area contributed by atoms with Crippen LogP contribution in [0.2, 0.25) is 0 Å². The number of furan rings is 1. The van der Waals surface area contributed by atoms with Crippen molar-refractivity contribution in [1.82, 2.24) is 10.6 Å². The SMILES string of the molecule is CCCNC(=O)CNC(=O)c1cc2ccccc2o1. The Bertz CT molecular complexity index is 556. The summed E-state index contributed by atoms with van der Waals surface area (Å²) in [5, 5.41) is 6.07. The van der Waals surface area contributed by atoms with Crippen LogP contribution < -0.4 is 10.6 Å². The largest absolute Gasteiger partial charge is 0.451 e. The quantitative estimate of drug-likeness (QED) is 0.859. The molecule has 1 aromatic carbocycles. The number of hydrogen-bond acceptors (Lipinski definition) is 3. The first kappa shape index (κ1) is 13.1. The van der Waals surface area contributed by atoms with Crippen LogP contribution in [0.3, 0.4) is 0 Å². The molecule has 1 heterocycles. The van der Waals surface area contributed by atoms with Gasteiger partial charge in [-0.1, -0.05) is 25.1 Å². The Morgan fingerprint density at radius 1 is 1.21 bits per heavy atom. The van der Waals surface area contributed by atoms with E-state index in [2.05, 4.69) is 10.6 Å². The first-order chi connectivity index (χ1) is 9.20. The minimum absolute atomic E-state index is 0.0458. The van der Waals surface area contributed by atoms with Crippen LogP contribution in [0.15, 0.2) is 34.7 Å². The fourth-order valence-electron chi connectivity index (χ4n) is 1.67. The monoisotopic (exact) mass is 260 g/mol. The second-order valence-corrected chi connectivity index (χ2v) is 4.18. The molecular formula is C14H16N2O3. The van der Waals surface area contributed by atoms with E-state index in [1.165, 1.54) is 0 Å². The van der Waals surface area contributed by atoms with Crippen LogP contribution in [0, 0.1) is 0 Å². The van der Waals surface area contributed by atoms with E-state index in [0.717, 1.165) is 11.8 Å². The smallest absolute Gasteiger partial charge is 0.287 e. The maximum atomic E-state index is 11.8. The number of para-hydroxylation sites is 1. The van der Waals surface area contributed by atoms with Crippen LogP contribution in [0.5, 0.6) is 0 Å². The normalized spacial score (nSPS) is 10.4. The number of hydrogen-bond donors (Lipinski definition) is 2. The van der Waals surface area contributed by atoms with E-state index < -0.39 is 0 Å². The third-order valence-electron chi connectivity index (χ3n) is 2.63. The summed E-state index contributed by atoms with van der Waals surface area (Å²) in [5.41, 5.74) is 0.656. The van der Waals surface area contributed by atoms with Gasteiger partial charge in [-0.2, -0.15) is 0 Å². The lowest BCUT2D eigenvalue weighted by Crippen LogP contribution is -2.37. The molecular weight excluding hydrogens is 244 g/mol. The van der Waals surface area contributed by atoms with E-state index >= 15 is 0 Å². The van der Waals surface area contributed by atoms with Crippen molar-refractivity contribution in [2.75, 3.05) is 13.1 Å². The molecule has 0 atom stereocenters. The lowest BCUT2D eigenvalue weighted by Gasteiger charge is -2.04. The summed E-state index contributed by atoms with van der Waals surface area (Å²) in [4.78, 5) is 23.2. The molecule has 0 spiro atoms. The average Bonchev–Trinajstić information content (AvgIpc) is 2.86. The van der Waals surface area contributed by atoms with Gasteiger partial charge in [-0.15, -0.1) is 0 Å². The molecule has 0 radical (unpaired) electrons. The molecule has 1 aromatic heterocycles. The number of carbonyl (C=O) groups is 2. The molecule has 100 valence electrons. The molecule has 5 nitrogen and oxygen atoms in total. The number of benzene rings is 1. The highest BCUT2D eigenvalue weighted by atomic mass is 16.3. The Morgan fingerprint density at radius 3 is 2.74 bits per heavy atom. The summed E-state index contributed by atoms with van der Waals surface area (Å²) in [6.45, 7) is 2.53. The van der Waals surface area contributed by atoms with Crippen molar-refractivity contribution in [3.8, 4) is 0 Å². The molecule has 0 aliphatic rings. The molecule has 0 bridgehead atoms. The third kappa shape index (κ3) is 3.34. The van der Waals surface area contributed by atoms with Crippen molar-refractivity contribution < 1.29 is 14.0 Å². The van der Waals surface area contributed by atoms with Crippen LogP contribution in [0.4, 0.5) is 0 Å². The zero-order valence-electron chi connectivity index (χ0n) is 10.7. The zero-order valence-corrected chi connectivity index (χ0v) is 10.7. The number of rotatable bonds is 5. The van der Waals surface area contributed by atoms with Crippen LogP contribution in [-0.2, 0) is 4.79 Å². The lowest BCUT2D eigenvalue weighted by molar-refractivity contribution is -0.120. The highest BCUT2D eigenvalue weighted by Crippen LogP contribution is 2.18. The number of fused-ring (bicyclic) bond motifs is 1. The van der Waals surface area contributed by atoms with E-state index in [1.807, 2.05) is 25.1 Å². The molecule has 0 aliphatic heterocycles. The Hall–Kier alpha value is -2.30. The molecule has 0 fully saturated rings. The Morgan fingerprint density at radius 2 is 2.00 bits per heavy atom. The van der Waals surface area contributed by atoms with Gasteiger partial charge < -0.3 is 15.1 Å². The standard InChI is InChI=1S/C14H16N2O3/c1-2-7-15-13(17)9-16-14(18)12-8-10-5-3-4-6-11(10)19-12/h3-6,8H,2,7,9H2,1H3,(H,15,17)(H,16,18). The second kappa shape index (κ2) is 6.04. The summed E-state index contributed by atoms with van der Waals surface area (Å²) in [5.74, 6) is -0.376. The molecule has 0 unspecified atom stereocenters. The van der Waals surface area contributed by atoms with Gasteiger partial charge in [0.25, 0.3) is 5.91 Å². The van der Waals surface area contributed by atoms with Gasteiger partial charge in [-0.25, -0.2) is 0 Å². The fourth-order valence-corrected chi connectivity index (χ4v) is 1.67. The van der Waals surface area contributed by atoms with Crippen molar-refractivity contribution in [3.05, 3.63) is 36.1 Å². The molecule has 5 heteroatoms. The number of nitrogens with one attached hydrogen (secondary N) is 2. The van der Waals surface area contributed by atoms with Crippen molar-refractivity contribution in [3.63, 3.8) is 0 Å². The molecule has 0 saturated heterocycles. The lowest BCUT2D eigenvalue weighted by atomic mass is 10.2. The maximum Gasteiger partial charge on any atom is 0.287 e. The van der Waals surface area contributed by atoms with Gasteiger partial charge in [0.1, 0.15) is 5.58 Å². The van der Waals surface area contributed by atoms with E-state index in [9.17, 15) is 9.59 Å². The second-order valence-electron chi connectivity index (χ2n) is 4.18. The van der Waals surface area contributed by atoms with Gasteiger partial charge in [-0.3, -0.25) is 9.59 Å². The first-order valence-corrected chi connectivity index (χ1v) is 6.24. The van der Waals surface area contributed by atoms with Crippen molar-refractivity contribution in [2.45, 2.75) is 13.3 Å². The average molecular weight is 260 g/mol. The predicted molar refractivity (Wildman–Crippen MR) is 71.8 cm³/mol. The zero-order chi connectivity index (χ0) is 13.7. The van der Waals surface area contributed by atoms with Crippen LogP contribution in [0.25, 0.3) is 11.0 Å². The van der Waals surface area contributed by atoms with E-state index in [1.54, 1.807) is 12.1 Å². The molecule has 2 aromatic rings. The van der Waals surface area contributed by atoms with Gasteiger partial charge in [0.15, 0.2) is 5.76 Å². The Labute approximate surface area is 111 Å². The Balaban J connectivity index is 1.94. The third-order valence-corrected chi connectivity index (χ3v) is 2.63. The number of carbonyl (C=O) groups excluding carboxylic acids is 2. The molecule has 2 amide bonds. The summed E-state index contributed by atoms with van der Waals surface area (Å²) in [6, 6.07) is 9.03.